The van der Waals surface area contributed by atoms with Gasteiger partial charge in [0, 0.05) is 31.2 Å². The Bertz CT molecular complexity index is 884. The fourth-order valence-electron chi connectivity index (χ4n) is 5.72. The molecule has 2 heterocycles. The van der Waals surface area contributed by atoms with Crippen LogP contribution in [-0.2, 0) is 24.4 Å². The topological polar surface area (TPSA) is 128 Å². The first-order valence-electron chi connectivity index (χ1n) is 13.7. The van der Waals surface area contributed by atoms with Gasteiger partial charge in [-0.25, -0.2) is 8.42 Å². The van der Waals surface area contributed by atoms with Crippen molar-refractivity contribution in [3.8, 4) is 0 Å². The van der Waals surface area contributed by atoms with E-state index in [9.17, 15) is 22.8 Å². The molecule has 4 unspecified atom stereocenters. The highest BCUT2D eigenvalue weighted by molar-refractivity contribution is 7.88. The van der Waals surface area contributed by atoms with Gasteiger partial charge < -0.3 is 20.9 Å². The molecule has 2 saturated heterocycles. The summed E-state index contributed by atoms with van der Waals surface area (Å²) in [7, 11) is -1.57. The van der Waals surface area contributed by atoms with Gasteiger partial charge in [0.25, 0.3) is 0 Å². The Hall–Kier alpha value is -1.72. The van der Waals surface area contributed by atoms with E-state index in [1.165, 1.54) is 42.7 Å². The minimum atomic E-state index is -3.27. The largest absolute Gasteiger partial charge is 0.356 e. The Morgan fingerprint density at radius 2 is 1.57 bits per heavy atom. The summed E-state index contributed by atoms with van der Waals surface area (Å²) < 4.78 is 25.4. The predicted octanol–water partition coefficient (Wildman–Crippen LogP) is 1.46. The Morgan fingerprint density at radius 3 is 2.08 bits per heavy atom. The first kappa shape index (κ1) is 31.5. The zero-order valence-electron chi connectivity index (χ0n) is 23.7. The van der Waals surface area contributed by atoms with Crippen LogP contribution < -0.4 is 16.0 Å². The Labute approximate surface area is 223 Å². The quantitative estimate of drug-likeness (QED) is 0.398. The van der Waals surface area contributed by atoms with Gasteiger partial charge in [-0.1, -0.05) is 40.0 Å². The van der Waals surface area contributed by atoms with E-state index in [0.29, 0.717) is 32.0 Å². The van der Waals surface area contributed by atoms with Crippen LogP contribution >= 0.6 is 0 Å². The molecule has 3 amide bonds. The van der Waals surface area contributed by atoms with E-state index in [4.69, 9.17) is 0 Å². The molecule has 214 valence electrons. The fraction of sp³-hybridized carbons (Fsp3) is 0.885. The number of carbonyl (C=O) groups excluding carboxylic acids is 3. The lowest BCUT2D eigenvalue weighted by atomic mass is 9.85. The second kappa shape index (κ2) is 13.4. The summed E-state index contributed by atoms with van der Waals surface area (Å²) in [5.74, 6) is 0.381. The van der Waals surface area contributed by atoms with Crippen LogP contribution in [0.25, 0.3) is 0 Å². The van der Waals surface area contributed by atoms with E-state index in [0.717, 1.165) is 12.3 Å². The average Bonchev–Trinajstić information content (AvgIpc) is 3.44. The van der Waals surface area contributed by atoms with Crippen LogP contribution in [0.3, 0.4) is 0 Å². The molecule has 0 spiro atoms. The zero-order valence-corrected chi connectivity index (χ0v) is 24.6. The molecule has 5 atom stereocenters. The number of amides is 3. The van der Waals surface area contributed by atoms with Crippen molar-refractivity contribution < 1.29 is 22.8 Å². The molecule has 1 saturated carbocycles. The van der Waals surface area contributed by atoms with Gasteiger partial charge in [0.2, 0.25) is 28.2 Å². The van der Waals surface area contributed by atoms with Crippen molar-refractivity contribution in [3.63, 3.8) is 0 Å². The maximum absolute atomic E-state index is 13.3. The number of sulfonamides is 1. The number of nitrogens with zero attached hydrogens (tertiary/aromatic N) is 2. The van der Waals surface area contributed by atoms with E-state index >= 15 is 0 Å². The third-order valence-corrected chi connectivity index (χ3v) is 9.45. The van der Waals surface area contributed by atoms with Gasteiger partial charge >= 0.3 is 0 Å². The van der Waals surface area contributed by atoms with Gasteiger partial charge in [0.05, 0.1) is 12.3 Å². The maximum Gasteiger partial charge on any atom is 0.245 e. The van der Waals surface area contributed by atoms with Crippen LogP contribution in [0.1, 0.15) is 79.6 Å². The Balaban J connectivity index is 0.000000364. The van der Waals surface area contributed by atoms with Gasteiger partial charge in [0.1, 0.15) is 6.04 Å². The number of likely N-dealkylation sites (N-methyl/N-ethyl adjacent to an activating group) is 1. The van der Waals surface area contributed by atoms with Gasteiger partial charge in [-0.05, 0) is 57.9 Å². The summed E-state index contributed by atoms with van der Waals surface area (Å²) in [6.45, 7) is 10.6. The van der Waals surface area contributed by atoms with Crippen LogP contribution in [0, 0.1) is 11.3 Å². The number of hydrogen-bond acceptors (Lipinski definition) is 6. The number of hydrogen-bond donors (Lipinski definition) is 3. The van der Waals surface area contributed by atoms with Crippen molar-refractivity contribution in [1.82, 2.24) is 25.2 Å². The Kier molecular flexibility index (Phi) is 11.4. The van der Waals surface area contributed by atoms with Crippen molar-refractivity contribution in [1.29, 1.82) is 0 Å². The zero-order chi connectivity index (χ0) is 28.0. The second-order valence-electron chi connectivity index (χ2n) is 11.9. The highest BCUT2D eigenvalue weighted by Crippen LogP contribution is 2.35. The normalized spacial score (nSPS) is 25.3. The van der Waals surface area contributed by atoms with Crippen LogP contribution in [-0.4, -0.2) is 92.4 Å². The van der Waals surface area contributed by atoms with Gasteiger partial charge in [-0.15, -0.1) is 0 Å². The molecule has 3 N–H and O–H groups in total. The minimum Gasteiger partial charge on any atom is -0.356 e. The lowest BCUT2D eigenvalue weighted by molar-refractivity contribution is -0.140. The predicted molar refractivity (Wildman–Crippen MR) is 145 cm³/mol. The van der Waals surface area contributed by atoms with E-state index in [2.05, 4.69) is 22.9 Å². The number of likely N-dealkylation sites (tertiary alicyclic amines) is 1. The molecule has 2 aliphatic heterocycles. The first-order valence-corrected chi connectivity index (χ1v) is 15.5. The van der Waals surface area contributed by atoms with E-state index in [1.54, 1.807) is 18.9 Å². The highest BCUT2D eigenvalue weighted by atomic mass is 32.2. The summed E-state index contributed by atoms with van der Waals surface area (Å²) >= 11 is 0. The monoisotopic (exact) mass is 543 g/mol. The van der Waals surface area contributed by atoms with E-state index < -0.39 is 27.5 Å². The summed E-state index contributed by atoms with van der Waals surface area (Å²) in [6.07, 6.45) is 9.97. The lowest BCUT2D eigenvalue weighted by Gasteiger charge is -2.36. The van der Waals surface area contributed by atoms with Crippen LogP contribution in [0.4, 0.5) is 0 Å². The molecule has 0 bridgehead atoms. The molecule has 37 heavy (non-hydrogen) atoms. The van der Waals surface area contributed by atoms with E-state index in [-0.39, 0.29) is 23.9 Å². The molecular weight excluding hydrogens is 494 g/mol. The highest BCUT2D eigenvalue weighted by Gasteiger charge is 2.49. The summed E-state index contributed by atoms with van der Waals surface area (Å²) in [6, 6.07) is -0.932. The van der Waals surface area contributed by atoms with Crippen molar-refractivity contribution in [2.24, 2.45) is 11.3 Å². The smallest absolute Gasteiger partial charge is 0.245 e. The molecule has 1 aliphatic carbocycles. The van der Waals surface area contributed by atoms with Crippen LogP contribution in [0.2, 0.25) is 0 Å². The van der Waals surface area contributed by atoms with Gasteiger partial charge in [0.15, 0.2) is 0 Å². The van der Waals surface area contributed by atoms with Crippen molar-refractivity contribution in [2.75, 3.05) is 26.4 Å². The molecule has 3 aliphatic rings. The van der Waals surface area contributed by atoms with Crippen LogP contribution in [0.5, 0.6) is 0 Å². The van der Waals surface area contributed by atoms with E-state index in [1.807, 2.05) is 20.8 Å². The first-order chi connectivity index (χ1) is 17.2. The molecule has 3 rings (SSSR count). The molecule has 10 nitrogen and oxygen atoms in total. The molecule has 0 aromatic carbocycles. The Morgan fingerprint density at radius 1 is 0.973 bits per heavy atom. The minimum absolute atomic E-state index is 0.110. The second-order valence-corrected chi connectivity index (χ2v) is 13.8. The van der Waals surface area contributed by atoms with Gasteiger partial charge in [-0.2, -0.15) is 4.31 Å². The standard InChI is InChI=1S/C17H32N4O4S.C9H17NO/c1-11(18-5)15(22)19-14(17(2,3)4)16(23)20-9-7-13-12(20)8-10-21(13)26(6,24)25;1-8(10-7-11)9-5-3-2-4-6-9/h11-14,18H,7-10H2,1-6H3,(H,19,22);7-9H,2-6H2,1H3,(H,10,11)/t11-,12?,13?,14?;/m0./s1. The third kappa shape index (κ3) is 8.38. The van der Waals surface area contributed by atoms with Crippen molar-refractivity contribution >= 4 is 28.2 Å². The average molecular weight is 544 g/mol. The summed E-state index contributed by atoms with van der Waals surface area (Å²) in [5, 5.41) is 8.59. The summed E-state index contributed by atoms with van der Waals surface area (Å²) in [4.78, 5) is 37.5. The number of rotatable bonds is 8. The van der Waals surface area contributed by atoms with Crippen molar-refractivity contribution in [2.45, 2.75) is 110 Å². The number of carbonyl (C=O) groups is 3. The molecule has 11 heteroatoms. The maximum atomic E-state index is 13.3. The fourth-order valence-corrected chi connectivity index (χ4v) is 6.90. The van der Waals surface area contributed by atoms with Crippen molar-refractivity contribution in [3.05, 3.63) is 0 Å². The number of nitrogens with one attached hydrogen (secondary N) is 3. The van der Waals surface area contributed by atoms with Gasteiger partial charge in [-0.3, -0.25) is 14.4 Å². The molecular formula is C26H49N5O5S. The SMILES string of the molecule is CC(NC=O)C1CCCCC1.CN[C@@H](C)C(=O)NC(C(=O)N1CCC2C1CCN2S(C)(=O)=O)C(C)(C)C. The lowest BCUT2D eigenvalue weighted by Crippen LogP contribution is -2.58. The third-order valence-electron chi connectivity index (χ3n) is 8.15. The molecule has 0 radical (unpaired) electrons. The summed E-state index contributed by atoms with van der Waals surface area (Å²) in [5.41, 5.74) is -0.451. The van der Waals surface area contributed by atoms with Crippen LogP contribution in [0.15, 0.2) is 0 Å². The number of fused-ring (bicyclic) bond motifs is 1. The molecule has 3 fully saturated rings. The molecule has 0 aromatic rings. The molecule has 0 aromatic heterocycles.